The quantitative estimate of drug-likeness (QED) is 0.194. The standard InChI is InChI=1S/C31H36N4O7/c1-5-13-32-28(37)22-10-9-18(2)26(15-22)34-25-8-6-7-21-14-24(19(3)27(21)25)29(38)35(23-11-12-23)31(40)42-17-41-30(39)20(4)33-16-36/h6-10,14-16,20-21,23,34H,5,11-13,17H2,1-4H3,(H,32,37)(H,33,36). The van der Waals surface area contributed by atoms with E-state index in [2.05, 4.69) is 16.0 Å². The van der Waals surface area contributed by atoms with Crippen LogP contribution in [0.2, 0.25) is 0 Å². The van der Waals surface area contributed by atoms with E-state index in [0.717, 1.165) is 39.4 Å². The first kappa shape index (κ1) is 30.3. The minimum Gasteiger partial charge on any atom is -0.426 e. The third-order valence-corrected chi connectivity index (χ3v) is 7.28. The van der Waals surface area contributed by atoms with Crippen LogP contribution in [-0.4, -0.2) is 60.6 Å². The lowest BCUT2D eigenvalue weighted by Crippen LogP contribution is -2.41. The molecule has 0 radical (unpaired) electrons. The number of hydrogen-bond acceptors (Lipinski definition) is 8. The SMILES string of the molecule is CCCNC(=O)c1ccc(C)c(NC2=CC=CC3C=C(C(=O)N(C(=O)OCOC(=O)C(C)NC=O)C4CC4)C(C)=C23)c1. The Morgan fingerprint density at radius 1 is 1.14 bits per heavy atom. The molecule has 222 valence electrons. The topological polar surface area (TPSA) is 143 Å². The van der Waals surface area contributed by atoms with Gasteiger partial charge in [0.1, 0.15) is 6.04 Å². The second kappa shape index (κ2) is 13.3. The molecule has 1 aromatic rings. The van der Waals surface area contributed by atoms with Crippen LogP contribution in [0.25, 0.3) is 0 Å². The van der Waals surface area contributed by atoms with E-state index in [1.54, 1.807) is 6.07 Å². The van der Waals surface area contributed by atoms with Gasteiger partial charge in [0.15, 0.2) is 0 Å². The highest BCUT2D eigenvalue weighted by atomic mass is 16.7. The molecule has 4 rings (SSSR count). The van der Waals surface area contributed by atoms with Crippen molar-refractivity contribution in [2.45, 2.75) is 59.0 Å². The van der Waals surface area contributed by atoms with Crippen molar-refractivity contribution in [1.82, 2.24) is 15.5 Å². The number of allylic oxidation sites excluding steroid dienone is 5. The highest BCUT2D eigenvalue weighted by molar-refractivity contribution is 6.07. The third-order valence-electron chi connectivity index (χ3n) is 7.28. The van der Waals surface area contributed by atoms with Crippen molar-refractivity contribution in [3.63, 3.8) is 0 Å². The first-order valence-electron chi connectivity index (χ1n) is 14.0. The number of nitrogens with one attached hydrogen (secondary N) is 3. The molecule has 0 saturated heterocycles. The summed E-state index contributed by atoms with van der Waals surface area (Å²) < 4.78 is 9.99. The number of fused-ring (bicyclic) bond motifs is 1. The summed E-state index contributed by atoms with van der Waals surface area (Å²) >= 11 is 0. The molecule has 1 saturated carbocycles. The van der Waals surface area contributed by atoms with Crippen molar-refractivity contribution >= 4 is 36.0 Å². The summed E-state index contributed by atoms with van der Waals surface area (Å²) in [6.45, 7) is 7.12. The smallest absolute Gasteiger partial charge is 0.419 e. The zero-order valence-corrected chi connectivity index (χ0v) is 24.2. The van der Waals surface area contributed by atoms with Crippen molar-refractivity contribution in [2.24, 2.45) is 5.92 Å². The van der Waals surface area contributed by atoms with Gasteiger partial charge in [0.05, 0.1) is 0 Å². The Kier molecular flexibility index (Phi) is 9.61. The van der Waals surface area contributed by atoms with E-state index in [0.29, 0.717) is 36.9 Å². The maximum Gasteiger partial charge on any atom is 0.419 e. The number of esters is 1. The maximum atomic E-state index is 13.7. The summed E-state index contributed by atoms with van der Waals surface area (Å²) in [7, 11) is 0. The number of rotatable bonds is 12. The lowest BCUT2D eigenvalue weighted by atomic mass is 9.92. The van der Waals surface area contributed by atoms with Gasteiger partial charge in [0.25, 0.3) is 11.8 Å². The number of anilines is 1. The molecule has 4 amide bonds. The molecular formula is C31H36N4O7. The van der Waals surface area contributed by atoms with Crippen LogP contribution < -0.4 is 16.0 Å². The van der Waals surface area contributed by atoms with E-state index in [4.69, 9.17) is 9.47 Å². The lowest BCUT2D eigenvalue weighted by molar-refractivity contribution is -0.155. The maximum absolute atomic E-state index is 13.7. The second-order valence-corrected chi connectivity index (χ2v) is 10.4. The number of hydrogen-bond donors (Lipinski definition) is 3. The van der Waals surface area contributed by atoms with Crippen LogP contribution in [-0.2, 0) is 23.9 Å². The number of ether oxygens (including phenoxy) is 2. The zero-order chi connectivity index (χ0) is 30.4. The van der Waals surface area contributed by atoms with Crippen molar-refractivity contribution in [3.05, 3.63) is 76.0 Å². The summed E-state index contributed by atoms with van der Waals surface area (Å²) in [4.78, 5) is 62.6. The van der Waals surface area contributed by atoms with Gasteiger partial charge in [0, 0.05) is 41.0 Å². The van der Waals surface area contributed by atoms with Gasteiger partial charge in [-0.1, -0.05) is 31.2 Å². The van der Waals surface area contributed by atoms with Gasteiger partial charge in [-0.3, -0.25) is 14.4 Å². The van der Waals surface area contributed by atoms with Crippen LogP contribution >= 0.6 is 0 Å². The molecule has 1 fully saturated rings. The molecule has 2 atom stereocenters. The van der Waals surface area contributed by atoms with Crippen molar-refractivity contribution in [2.75, 3.05) is 18.7 Å². The van der Waals surface area contributed by atoms with Gasteiger partial charge in [-0.25, -0.2) is 14.5 Å². The van der Waals surface area contributed by atoms with Gasteiger partial charge >= 0.3 is 12.1 Å². The van der Waals surface area contributed by atoms with Crippen LogP contribution in [0.15, 0.2) is 64.9 Å². The normalized spacial score (nSPS) is 17.8. The van der Waals surface area contributed by atoms with Crippen LogP contribution in [0.4, 0.5) is 10.5 Å². The average Bonchev–Trinajstić information content (AvgIpc) is 3.74. The Balaban J connectivity index is 1.49. The Bertz CT molecular complexity index is 1400. The Morgan fingerprint density at radius 2 is 1.90 bits per heavy atom. The largest absolute Gasteiger partial charge is 0.426 e. The summed E-state index contributed by atoms with van der Waals surface area (Å²) in [6, 6.07) is 4.28. The highest BCUT2D eigenvalue weighted by Crippen LogP contribution is 2.41. The van der Waals surface area contributed by atoms with E-state index in [-0.39, 0.29) is 17.9 Å². The Labute approximate surface area is 244 Å². The van der Waals surface area contributed by atoms with Gasteiger partial charge in [-0.15, -0.1) is 0 Å². The van der Waals surface area contributed by atoms with Crippen molar-refractivity contribution in [1.29, 1.82) is 0 Å². The molecular weight excluding hydrogens is 540 g/mol. The molecule has 42 heavy (non-hydrogen) atoms. The van der Waals surface area contributed by atoms with E-state index < -0.39 is 30.8 Å². The first-order chi connectivity index (χ1) is 20.2. The van der Waals surface area contributed by atoms with Gasteiger partial charge in [-0.2, -0.15) is 0 Å². The number of imide groups is 1. The minimum absolute atomic E-state index is 0.143. The molecule has 11 heteroatoms. The van der Waals surface area contributed by atoms with Crippen molar-refractivity contribution in [3.8, 4) is 0 Å². The van der Waals surface area contributed by atoms with E-state index in [1.807, 2.05) is 57.2 Å². The molecule has 11 nitrogen and oxygen atoms in total. The molecule has 0 aliphatic heterocycles. The Hall–Kier alpha value is -4.67. The molecule has 2 unspecified atom stereocenters. The Morgan fingerprint density at radius 3 is 2.60 bits per heavy atom. The zero-order valence-electron chi connectivity index (χ0n) is 24.2. The molecule has 0 aromatic heterocycles. The van der Waals surface area contributed by atoms with Crippen LogP contribution in [0.1, 0.15) is 56.0 Å². The third kappa shape index (κ3) is 6.79. The number of benzene rings is 1. The first-order valence-corrected chi connectivity index (χ1v) is 14.0. The fourth-order valence-electron chi connectivity index (χ4n) is 4.76. The van der Waals surface area contributed by atoms with E-state index >= 15 is 0 Å². The van der Waals surface area contributed by atoms with Crippen LogP contribution in [0.3, 0.4) is 0 Å². The summed E-state index contributed by atoms with van der Waals surface area (Å²) in [5, 5.41) is 8.60. The summed E-state index contributed by atoms with van der Waals surface area (Å²) in [5.74, 6) is -1.58. The molecule has 3 aliphatic carbocycles. The van der Waals surface area contributed by atoms with Gasteiger partial charge in [0.2, 0.25) is 13.2 Å². The van der Waals surface area contributed by atoms with Crippen LogP contribution in [0.5, 0.6) is 0 Å². The lowest BCUT2D eigenvalue weighted by Gasteiger charge is -2.22. The predicted molar refractivity (Wildman–Crippen MR) is 155 cm³/mol. The summed E-state index contributed by atoms with van der Waals surface area (Å²) in [5.41, 5.74) is 5.08. The monoisotopic (exact) mass is 576 g/mol. The van der Waals surface area contributed by atoms with Gasteiger partial charge < -0.3 is 25.4 Å². The number of carbonyl (C=O) groups is 5. The minimum atomic E-state index is -0.906. The summed E-state index contributed by atoms with van der Waals surface area (Å²) in [6.07, 6.45) is 9.24. The van der Waals surface area contributed by atoms with E-state index in [1.165, 1.54) is 6.92 Å². The highest BCUT2D eigenvalue weighted by Gasteiger charge is 2.42. The molecule has 0 spiro atoms. The molecule has 0 heterocycles. The number of nitrogens with zero attached hydrogens (tertiary/aromatic N) is 1. The fourth-order valence-corrected chi connectivity index (χ4v) is 4.76. The second-order valence-electron chi connectivity index (χ2n) is 10.4. The number of amides is 4. The molecule has 3 aliphatic rings. The van der Waals surface area contributed by atoms with E-state index in [9.17, 15) is 24.0 Å². The number of carbonyl (C=O) groups excluding carboxylic acids is 5. The van der Waals surface area contributed by atoms with Gasteiger partial charge in [-0.05, 0) is 75.0 Å². The molecule has 3 N–H and O–H groups in total. The number of aryl methyl sites for hydroxylation is 1. The average molecular weight is 577 g/mol. The fraction of sp³-hybridized carbons (Fsp3) is 0.387. The predicted octanol–water partition coefficient (Wildman–Crippen LogP) is 3.64. The molecule has 1 aromatic carbocycles. The van der Waals surface area contributed by atoms with Crippen LogP contribution in [0, 0.1) is 12.8 Å². The van der Waals surface area contributed by atoms with Crippen molar-refractivity contribution < 1.29 is 33.4 Å². The molecule has 0 bridgehead atoms.